The molecule has 0 aliphatic heterocycles. The van der Waals surface area contributed by atoms with E-state index in [1.165, 1.54) is 12.1 Å². The summed E-state index contributed by atoms with van der Waals surface area (Å²) in [7, 11) is 0. The smallest absolute Gasteiger partial charge is 0.394 e. The van der Waals surface area contributed by atoms with Crippen molar-refractivity contribution in [2.75, 3.05) is 6.61 Å². The maximum absolute atomic E-state index is 13.3. The Morgan fingerprint density at radius 2 is 1.54 bits per heavy atom. The number of alkyl halides is 3. The quantitative estimate of drug-likeness (QED) is 0.760. The Balaban J connectivity index is 2.15. The first-order valence-electron chi connectivity index (χ1n) is 7.48. The number of benzene rings is 2. The van der Waals surface area contributed by atoms with Crippen LogP contribution in [0.1, 0.15) is 28.4 Å². The van der Waals surface area contributed by atoms with Crippen molar-refractivity contribution in [3.8, 4) is 0 Å². The SMILES string of the molecule is O=C(C[C@H](N[C@@H](CO)c1ccccc1)C(F)(F)F)c1ccccc1. The first-order chi connectivity index (χ1) is 11.4. The Morgan fingerprint density at radius 3 is 2.04 bits per heavy atom. The van der Waals surface area contributed by atoms with Gasteiger partial charge < -0.3 is 5.11 Å². The molecule has 0 amide bonds. The molecule has 0 bridgehead atoms. The summed E-state index contributed by atoms with van der Waals surface area (Å²) in [6.45, 7) is -0.504. The van der Waals surface area contributed by atoms with Crippen molar-refractivity contribution in [1.29, 1.82) is 0 Å². The van der Waals surface area contributed by atoms with Crippen LogP contribution in [-0.2, 0) is 0 Å². The van der Waals surface area contributed by atoms with E-state index in [1.54, 1.807) is 48.5 Å². The van der Waals surface area contributed by atoms with Gasteiger partial charge in [-0.1, -0.05) is 60.7 Å². The fraction of sp³-hybridized carbons (Fsp3) is 0.278. The lowest BCUT2D eigenvalue weighted by Crippen LogP contribution is -2.46. The van der Waals surface area contributed by atoms with Crippen LogP contribution in [-0.4, -0.2) is 29.7 Å². The highest BCUT2D eigenvalue weighted by Crippen LogP contribution is 2.26. The van der Waals surface area contributed by atoms with Gasteiger partial charge in [0.25, 0.3) is 0 Å². The zero-order valence-corrected chi connectivity index (χ0v) is 12.8. The van der Waals surface area contributed by atoms with Gasteiger partial charge in [-0.2, -0.15) is 13.2 Å². The minimum Gasteiger partial charge on any atom is -0.394 e. The van der Waals surface area contributed by atoms with Crippen molar-refractivity contribution in [2.45, 2.75) is 24.7 Å². The third-order valence-corrected chi connectivity index (χ3v) is 3.67. The molecule has 0 saturated carbocycles. The van der Waals surface area contributed by atoms with Crippen LogP contribution in [0.3, 0.4) is 0 Å². The average molecular weight is 337 g/mol. The van der Waals surface area contributed by atoms with Crippen molar-refractivity contribution < 1.29 is 23.1 Å². The van der Waals surface area contributed by atoms with Crippen molar-refractivity contribution in [3.05, 3.63) is 71.8 Å². The van der Waals surface area contributed by atoms with Gasteiger partial charge in [0.05, 0.1) is 12.6 Å². The maximum atomic E-state index is 13.3. The lowest BCUT2D eigenvalue weighted by molar-refractivity contribution is -0.157. The standard InChI is InChI=1S/C18H18F3NO2/c19-18(20,21)17(11-16(24)14-9-5-2-6-10-14)22-15(12-23)13-7-3-1-4-8-13/h1-10,15,17,22-23H,11-12H2/t15-,17-/m0/s1. The van der Waals surface area contributed by atoms with E-state index in [0.717, 1.165) is 0 Å². The minimum atomic E-state index is -4.60. The number of ketones is 1. The predicted molar refractivity (Wildman–Crippen MR) is 84.6 cm³/mol. The molecule has 0 unspecified atom stereocenters. The number of aliphatic hydroxyl groups excluding tert-OH is 1. The van der Waals surface area contributed by atoms with Crippen molar-refractivity contribution in [2.24, 2.45) is 0 Å². The van der Waals surface area contributed by atoms with Gasteiger partial charge >= 0.3 is 6.18 Å². The van der Waals surface area contributed by atoms with Crippen LogP contribution in [0.5, 0.6) is 0 Å². The fourth-order valence-electron chi connectivity index (χ4n) is 2.38. The Kier molecular flexibility index (Phi) is 6.11. The topological polar surface area (TPSA) is 49.3 Å². The second-order valence-corrected chi connectivity index (χ2v) is 5.40. The summed E-state index contributed by atoms with van der Waals surface area (Å²) in [6, 6.07) is 13.3. The second kappa shape index (κ2) is 8.08. The second-order valence-electron chi connectivity index (χ2n) is 5.40. The number of halogens is 3. The highest BCUT2D eigenvalue weighted by molar-refractivity contribution is 5.96. The van der Waals surface area contributed by atoms with Gasteiger partial charge in [0, 0.05) is 12.0 Å². The molecule has 24 heavy (non-hydrogen) atoms. The van der Waals surface area contributed by atoms with Gasteiger partial charge in [-0.3, -0.25) is 10.1 Å². The molecule has 0 aliphatic rings. The minimum absolute atomic E-state index is 0.230. The molecule has 0 radical (unpaired) electrons. The van der Waals surface area contributed by atoms with Crippen LogP contribution < -0.4 is 5.32 Å². The largest absolute Gasteiger partial charge is 0.404 e. The van der Waals surface area contributed by atoms with Gasteiger partial charge in [-0.15, -0.1) is 0 Å². The number of hydrogen-bond acceptors (Lipinski definition) is 3. The summed E-state index contributed by atoms with van der Waals surface area (Å²) >= 11 is 0. The number of carbonyl (C=O) groups excluding carboxylic acids is 1. The van der Waals surface area contributed by atoms with E-state index < -0.39 is 37.1 Å². The fourth-order valence-corrected chi connectivity index (χ4v) is 2.38. The number of carbonyl (C=O) groups is 1. The van der Waals surface area contributed by atoms with Gasteiger partial charge in [0.2, 0.25) is 0 Å². The normalized spacial score (nSPS) is 14.2. The van der Waals surface area contributed by atoms with E-state index in [4.69, 9.17) is 0 Å². The molecule has 0 fully saturated rings. The molecule has 3 nitrogen and oxygen atoms in total. The highest BCUT2D eigenvalue weighted by atomic mass is 19.4. The number of hydrogen-bond donors (Lipinski definition) is 2. The molecule has 0 saturated heterocycles. The molecule has 2 N–H and O–H groups in total. The molecule has 0 aliphatic carbocycles. The number of aliphatic hydroxyl groups is 1. The van der Waals surface area contributed by atoms with Gasteiger partial charge in [0.15, 0.2) is 5.78 Å². The Bertz CT molecular complexity index is 644. The molecule has 2 aromatic rings. The third kappa shape index (κ3) is 4.91. The monoisotopic (exact) mass is 337 g/mol. The molecule has 0 spiro atoms. The van der Waals surface area contributed by atoms with Crippen molar-refractivity contribution in [3.63, 3.8) is 0 Å². The lowest BCUT2D eigenvalue weighted by Gasteiger charge is -2.26. The molecule has 2 atom stereocenters. The van der Waals surface area contributed by atoms with Gasteiger partial charge in [-0.05, 0) is 5.56 Å². The Labute approximate surface area is 138 Å². The number of Topliss-reactive ketones (excluding diaryl/α,β-unsaturated/α-hetero) is 1. The summed E-state index contributed by atoms with van der Waals surface area (Å²) in [4.78, 5) is 12.1. The van der Waals surface area contributed by atoms with E-state index in [2.05, 4.69) is 5.32 Å². The molecule has 6 heteroatoms. The van der Waals surface area contributed by atoms with E-state index >= 15 is 0 Å². The van der Waals surface area contributed by atoms with Crippen LogP contribution in [0.2, 0.25) is 0 Å². The van der Waals surface area contributed by atoms with Crippen molar-refractivity contribution in [1.82, 2.24) is 5.32 Å². The summed E-state index contributed by atoms with van der Waals surface area (Å²) in [5.41, 5.74) is 0.759. The van der Waals surface area contributed by atoms with Crippen molar-refractivity contribution >= 4 is 5.78 Å². The lowest BCUT2D eigenvalue weighted by atomic mass is 10.0. The van der Waals surface area contributed by atoms with E-state index in [1.807, 2.05) is 0 Å². The molecule has 0 heterocycles. The maximum Gasteiger partial charge on any atom is 0.404 e. The average Bonchev–Trinajstić information content (AvgIpc) is 2.59. The summed E-state index contributed by atoms with van der Waals surface area (Å²) < 4.78 is 39.9. The highest BCUT2D eigenvalue weighted by Gasteiger charge is 2.42. The van der Waals surface area contributed by atoms with Crippen LogP contribution in [0.4, 0.5) is 13.2 Å². The van der Waals surface area contributed by atoms with E-state index in [-0.39, 0.29) is 5.56 Å². The molecular formula is C18H18F3NO2. The summed E-state index contributed by atoms with van der Waals surface area (Å²) in [5.74, 6) is -0.602. The zero-order chi connectivity index (χ0) is 17.6. The number of rotatable bonds is 7. The zero-order valence-electron chi connectivity index (χ0n) is 12.8. The van der Waals surface area contributed by atoms with Crippen LogP contribution in [0.15, 0.2) is 60.7 Å². The summed E-state index contributed by atoms with van der Waals surface area (Å²) in [6.07, 6.45) is -5.33. The van der Waals surface area contributed by atoms with E-state index in [0.29, 0.717) is 5.56 Å². The third-order valence-electron chi connectivity index (χ3n) is 3.67. The first-order valence-corrected chi connectivity index (χ1v) is 7.48. The molecule has 128 valence electrons. The van der Waals surface area contributed by atoms with Crippen LogP contribution in [0, 0.1) is 0 Å². The molecule has 2 aromatic carbocycles. The summed E-state index contributed by atoms with van der Waals surface area (Å²) in [5, 5.41) is 11.8. The first kappa shape index (κ1) is 18.2. The number of nitrogens with one attached hydrogen (secondary N) is 1. The van der Waals surface area contributed by atoms with Crippen LogP contribution in [0.25, 0.3) is 0 Å². The van der Waals surface area contributed by atoms with Gasteiger partial charge in [0.1, 0.15) is 6.04 Å². The van der Waals surface area contributed by atoms with Crippen LogP contribution >= 0.6 is 0 Å². The Morgan fingerprint density at radius 1 is 1.00 bits per heavy atom. The molecule has 2 rings (SSSR count). The van der Waals surface area contributed by atoms with E-state index in [9.17, 15) is 23.1 Å². The Hall–Kier alpha value is -2.18. The molecule has 0 aromatic heterocycles. The van der Waals surface area contributed by atoms with Gasteiger partial charge in [-0.25, -0.2) is 0 Å². The molecular weight excluding hydrogens is 319 g/mol. The predicted octanol–water partition coefficient (Wildman–Crippen LogP) is 3.51.